The highest BCUT2D eigenvalue weighted by Crippen LogP contribution is 2.29. The van der Waals surface area contributed by atoms with E-state index in [4.69, 9.17) is 4.52 Å². The first kappa shape index (κ1) is 23.1. The number of aromatic nitrogens is 2. The number of likely N-dealkylation sites (tertiary alicyclic amines) is 1. The number of nitrogens with zero attached hydrogens (tertiary/aromatic N) is 3. The summed E-state index contributed by atoms with van der Waals surface area (Å²) >= 11 is 0. The molecule has 2 aromatic rings. The molecule has 0 radical (unpaired) electrons. The van der Waals surface area contributed by atoms with Gasteiger partial charge in [0.15, 0.2) is 5.82 Å². The Morgan fingerprint density at radius 1 is 1.04 bits per heavy atom. The molecule has 1 aromatic heterocycles. The van der Waals surface area contributed by atoms with E-state index >= 15 is 0 Å². The van der Waals surface area contributed by atoms with Crippen molar-refractivity contribution in [3.8, 4) is 11.5 Å². The van der Waals surface area contributed by atoms with E-state index in [2.05, 4.69) is 44.6 Å². The van der Waals surface area contributed by atoms with E-state index in [0.717, 1.165) is 30.4 Å². The number of nitrogens with one attached hydrogen (secondary N) is 1. The summed E-state index contributed by atoms with van der Waals surface area (Å²) in [5, 5.41) is 7.39. The third-order valence-electron chi connectivity index (χ3n) is 6.01. The van der Waals surface area contributed by atoms with Crippen LogP contribution in [0.3, 0.4) is 0 Å². The molecule has 1 saturated carbocycles. The van der Waals surface area contributed by atoms with Crippen LogP contribution in [0.2, 0.25) is 0 Å². The summed E-state index contributed by atoms with van der Waals surface area (Å²) in [7, 11) is 1.95. The maximum atomic E-state index is 5.51. The fraction of sp³-hybridized carbons (Fsp3) is 0.619. The third-order valence-corrected chi connectivity index (χ3v) is 6.01. The number of rotatable bonds is 6. The molecule has 0 bridgehead atoms. The Hall–Kier alpha value is -1.14. The van der Waals surface area contributed by atoms with Gasteiger partial charge in [0.1, 0.15) is 0 Å². The van der Waals surface area contributed by atoms with Crippen molar-refractivity contribution >= 4 is 24.8 Å². The van der Waals surface area contributed by atoms with E-state index in [1.807, 2.05) is 7.05 Å². The number of halogens is 2. The summed E-state index contributed by atoms with van der Waals surface area (Å²) in [4.78, 5) is 7.36. The van der Waals surface area contributed by atoms with Crippen LogP contribution in [0.15, 0.2) is 28.8 Å². The molecule has 156 valence electrons. The molecule has 4 rings (SSSR count). The SMILES string of the molecule is CNCc1ccc(-c2nc(CC3CCN(C4CCCC4)CC3)no2)cc1.Cl.Cl. The highest BCUT2D eigenvalue weighted by Gasteiger charge is 2.27. The van der Waals surface area contributed by atoms with Gasteiger partial charge in [-0.25, -0.2) is 0 Å². The second kappa shape index (κ2) is 11.1. The molecule has 2 aliphatic rings. The lowest BCUT2D eigenvalue weighted by Crippen LogP contribution is -2.40. The van der Waals surface area contributed by atoms with Gasteiger partial charge in [0, 0.05) is 24.6 Å². The lowest BCUT2D eigenvalue weighted by Gasteiger charge is -2.35. The zero-order valence-electron chi connectivity index (χ0n) is 16.6. The van der Waals surface area contributed by atoms with Crippen LogP contribution >= 0.6 is 24.8 Å². The molecule has 0 unspecified atom stereocenters. The molecule has 1 aliphatic heterocycles. The molecule has 2 fully saturated rings. The molecule has 5 nitrogen and oxygen atoms in total. The van der Waals surface area contributed by atoms with Gasteiger partial charge in [-0.15, -0.1) is 24.8 Å². The minimum absolute atomic E-state index is 0. The van der Waals surface area contributed by atoms with Gasteiger partial charge in [-0.1, -0.05) is 30.1 Å². The fourth-order valence-electron chi connectivity index (χ4n) is 4.47. The average Bonchev–Trinajstić information content (AvgIpc) is 3.36. The summed E-state index contributed by atoms with van der Waals surface area (Å²) in [6.07, 6.45) is 9.13. The van der Waals surface area contributed by atoms with Gasteiger partial charge in [0.05, 0.1) is 0 Å². The minimum atomic E-state index is 0. The summed E-state index contributed by atoms with van der Waals surface area (Å²) in [5.74, 6) is 2.19. The summed E-state index contributed by atoms with van der Waals surface area (Å²) < 4.78 is 5.51. The lowest BCUT2D eigenvalue weighted by molar-refractivity contribution is 0.133. The maximum absolute atomic E-state index is 5.51. The average molecular weight is 427 g/mol. The van der Waals surface area contributed by atoms with E-state index in [9.17, 15) is 0 Å². The second-order valence-corrected chi connectivity index (χ2v) is 7.86. The third kappa shape index (κ3) is 5.69. The highest BCUT2D eigenvalue weighted by molar-refractivity contribution is 5.85. The zero-order valence-corrected chi connectivity index (χ0v) is 18.2. The van der Waals surface area contributed by atoms with Gasteiger partial charge < -0.3 is 14.7 Å². The maximum Gasteiger partial charge on any atom is 0.257 e. The Balaban J connectivity index is 0.00000140. The van der Waals surface area contributed by atoms with Crippen molar-refractivity contribution in [1.29, 1.82) is 0 Å². The van der Waals surface area contributed by atoms with Crippen molar-refractivity contribution in [3.63, 3.8) is 0 Å². The smallest absolute Gasteiger partial charge is 0.257 e. The van der Waals surface area contributed by atoms with Crippen LogP contribution in [-0.2, 0) is 13.0 Å². The normalized spacial score (nSPS) is 18.6. The quantitative estimate of drug-likeness (QED) is 0.736. The monoisotopic (exact) mass is 426 g/mol. The number of piperidine rings is 1. The van der Waals surface area contributed by atoms with E-state index in [-0.39, 0.29) is 24.8 Å². The summed E-state index contributed by atoms with van der Waals surface area (Å²) in [5.41, 5.74) is 2.25. The van der Waals surface area contributed by atoms with Crippen molar-refractivity contribution in [3.05, 3.63) is 35.7 Å². The molecule has 1 N–H and O–H groups in total. The Kier molecular flexibility index (Phi) is 9.22. The minimum Gasteiger partial charge on any atom is -0.334 e. The predicted octanol–water partition coefficient (Wildman–Crippen LogP) is 4.50. The van der Waals surface area contributed by atoms with Crippen molar-refractivity contribution in [2.24, 2.45) is 5.92 Å². The molecule has 1 aliphatic carbocycles. The van der Waals surface area contributed by atoms with E-state index < -0.39 is 0 Å². The standard InChI is InChI=1S/C21H30N4O.2ClH/c1-22-15-17-6-8-18(9-7-17)21-23-20(24-26-21)14-16-10-12-25(13-11-16)19-4-2-3-5-19;;/h6-9,16,19,22H,2-5,10-15H2,1H3;2*1H. The van der Waals surface area contributed by atoms with Gasteiger partial charge >= 0.3 is 0 Å². The first-order valence-corrected chi connectivity index (χ1v) is 10.1. The fourth-order valence-corrected chi connectivity index (χ4v) is 4.47. The first-order chi connectivity index (χ1) is 12.8. The first-order valence-electron chi connectivity index (χ1n) is 10.1. The molecule has 0 spiro atoms. The van der Waals surface area contributed by atoms with Crippen LogP contribution in [0.25, 0.3) is 11.5 Å². The molecule has 28 heavy (non-hydrogen) atoms. The highest BCUT2D eigenvalue weighted by atomic mass is 35.5. The van der Waals surface area contributed by atoms with Crippen molar-refractivity contribution in [2.45, 2.75) is 57.5 Å². The van der Waals surface area contributed by atoms with Gasteiger partial charge in [0.2, 0.25) is 0 Å². The second-order valence-electron chi connectivity index (χ2n) is 7.86. The Morgan fingerprint density at radius 2 is 1.71 bits per heavy atom. The molecule has 1 aromatic carbocycles. The molecule has 7 heteroatoms. The van der Waals surface area contributed by atoms with Gasteiger partial charge in [-0.2, -0.15) is 4.98 Å². The molecular weight excluding hydrogens is 395 g/mol. The predicted molar refractivity (Wildman–Crippen MR) is 117 cm³/mol. The van der Waals surface area contributed by atoms with E-state index in [1.165, 1.54) is 57.2 Å². The van der Waals surface area contributed by atoms with Crippen LogP contribution in [-0.4, -0.2) is 41.2 Å². The number of benzene rings is 1. The van der Waals surface area contributed by atoms with E-state index in [0.29, 0.717) is 11.8 Å². The van der Waals surface area contributed by atoms with Crippen LogP contribution in [0.5, 0.6) is 0 Å². The van der Waals surface area contributed by atoms with Crippen LogP contribution < -0.4 is 5.32 Å². The number of hydrogen-bond acceptors (Lipinski definition) is 5. The van der Waals surface area contributed by atoms with Crippen LogP contribution in [0.4, 0.5) is 0 Å². The van der Waals surface area contributed by atoms with Crippen molar-refractivity contribution in [1.82, 2.24) is 20.4 Å². The van der Waals surface area contributed by atoms with Crippen LogP contribution in [0, 0.1) is 5.92 Å². The molecular formula is C21H32Cl2N4O. The van der Waals surface area contributed by atoms with Crippen LogP contribution in [0.1, 0.15) is 49.9 Å². The Labute approximate surface area is 180 Å². The van der Waals surface area contributed by atoms with Crippen molar-refractivity contribution < 1.29 is 4.52 Å². The summed E-state index contributed by atoms with van der Waals surface area (Å²) in [6, 6.07) is 9.19. The molecule has 0 atom stereocenters. The van der Waals surface area contributed by atoms with Gasteiger partial charge in [-0.3, -0.25) is 0 Å². The largest absolute Gasteiger partial charge is 0.334 e. The van der Waals surface area contributed by atoms with Crippen molar-refractivity contribution in [2.75, 3.05) is 20.1 Å². The molecule has 0 amide bonds. The van der Waals surface area contributed by atoms with Gasteiger partial charge in [0.25, 0.3) is 5.89 Å². The Morgan fingerprint density at radius 3 is 2.36 bits per heavy atom. The lowest BCUT2D eigenvalue weighted by atomic mass is 9.92. The van der Waals surface area contributed by atoms with E-state index in [1.54, 1.807) is 0 Å². The number of hydrogen-bond donors (Lipinski definition) is 1. The zero-order chi connectivity index (χ0) is 17.8. The molecule has 2 heterocycles. The Bertz CT molecular complexity index is 693. The topological polar surface area (TPSA) is 54.2 Å². The molecule has 1 saturated heterocycles. The van der Waals surface area contributed by atoms with Gasteiger partial charge in [-0.05, 0) is 69.4 Å². The summed E-state index contributed by atoms with van der Waals surface area (Å²) in [6.45, 7) is 3.36.